The SMILES string of the molecule is Cc1ccc(-c2noc(CSc3nc(C)c(CCO)c(=O)[nH]3)n2)cc1. The van der Waals surface area contributed by atoms with Gasteiger partial charge in [0, 0.05) is 29.8 Å². The van der Waals surface area contributed by atoms with Gasteiger partial charge in [-0.05, 0) is 13.8 Å². The Hall–Kier alpha value is -2.45. The van der Waals surface area contributed by atoms with Crippen molar-refractivity contribution in [3.63, 3.8) is 0 Å². The van der Waals surface area contributed by atoms with Gasteiger partial charge in [-0.15, -0.1) is 0 Å². The summed E-state index contributed by atoms with van der Waals surface area (Å²) in [6, 6.07) is 7.87. The lowest BCUT2D eigenvalue weighted by Crippen LogP contribution is -2.18. The summed E-state index contributed by atoms with van der Waals surface area (Å²) < 4.78 is 5.26. The molecular weight excluding hydrogens is 340 g/mol. The number of aryl methyl sites for hydroxylation is 2. The fourth-order valence-electron chi connectivity index (χ4n) is 2.32. The summed E-state index contributed by atoms with van der Waals surface area (Å²) in [4.78, 5) is 23.4. The highest BCUT2D eigenvalue weighted by molar-refractivity contribution is 7.98. The molecule has 2 N–H and O–H groups in total. The molecule has 0 fully saturated rings. The van der Waals surface area contributed by atoms with E-state index >= 15 is 0 Å². The molecule has 8 heteroatoms. The maximum atomic E-state index is 12.0. The van der Waals surface area contributed by atoms with Crippen LogP contribution >= 0.6 is 11.8 Å². The lowest BCUT2D eigenvalue weighted by Gasteiger charge is -2.04. The Morgan fingerprint density at radius 2 is 1.96 bits per heavy atom. The normalized spacial score (nSPS) is 11.0. The van der Waals surface area contributed by atoms with Crippen molar-refractivity contribution < 1.29 is 9.63 Å². The first-order valence-corrected chi connectivity index (χ1v) is 8.78. The molecule has 2 heterocycles. The summed E-state index contributed by atoms with van der Waals surface area (Å²) in [6.07, 6.45) is 0.294. The van der Waals surface area contributed by atoms with E-state index in [4.69, 9.17) is 9.63 Å². The fraction of sp³-hybridized carbons (Fsp3) is 0.294. The monoisotopic (exact) mass is 358 g/mol. The smallest absolute Gasteiger partial charge is 0.255 e. The minimum absolute atomic E-state index is 0.0815. The average Bonchev–Trinajstić information content (AvgIpc) is 3.06. The second-order valence-electron chi connectivity index (χ2n) is 5.58. The summed E-state index contributed by atoms with van der Waals surface area (Å²) in [5.41, 5.74) is 2.95. The van der Waals surface area contributed by atoms with Gasteiger partial charge in [0.15, 0.2) is 5.16 Å². The number of hydrogen-bond donors (Lipinski definition) is 2. The van der Waals surface area contributed by atoms with Crippen LogP contribution in [-0.2, 0) is 12.2 Å². The zero-order valence-electron chi connectivity index (χ0n) is 13.9. The summed E-state index contributed by atoms with van der Waals surface area (Å²) in [7, 11) is 0. The quantitative estimate of drug-likeness (QED) is 0.514. The molecule has 0 bridgehead atoms. The molecule has 130 valence electrons. The van der Waals surface area contributed by atoms with Crippen molar-refractivity contribution in [1.29, 1.82) is 0 Å². The molecule has 0 aliphatic heterocycles. The number of H-pyrrole nitrogens is 1. The van der Waals surface area contributed by atoms with E-state index in [0.29, 0.717) is 40.3 Å². The van der Waals surface area contributed by atoms with Gasteiger partial charge in [-0.2, -0.15) is 4.98 Å². The van der Waals surface area contributed by atoms with E-state index in [-0.39, 0.29) is 12.2 Å². The Labute approximate surface area is 148 Å². The van der Waals surface area contributed by atoms with Crippen molar-refractivity contribution in [1.82, 2.24) is 20.1 Å². The van der Waals surface area contributed by atoms with E-state index in [2.05, 4.69) is 20.1 Å². The molecule has 3 aromatic rings. The minimum atomic E-state index is -0.227. The van der Waals surface area contributed by atoms with Gasteiger partial charge < -0.3 is 14.6 Å². The number of hydrogen-bond acceptors (Lipinski definition) is 7. The Bertz CT molecular complexity index is 918. The Morgan fingerprint density at radius 3 is 2.64 bits per heavy atom. The summed E-state index contributed by atoms with van der Waals surface area (Å²) in [5, 5.41) is 13.5. The van der Waals surface area contributed by atoms with Gasteiger partial charge in [0.1, 0.15) is 0 Å². The molecule has 1 aromatic carbocycles. The standard InChI is InChI=1S/C17H18N4O3S/c1-10-3-5-12(6-4-10)15-19-14(24-21-15)9-25-17-18-11(2)13(7-8-22)16(23)20-17/h3-6,22H,7-9H2,1-2H3,(H,18,20,23). The van der Waals surface area contributed by atoms with Crippen molar-refractivity contribution >= 4 is 11.8 Å². The largest absolute Gasteiger partial charge is 0.396 e. The third kappa shape index (κ3) is 4.15. The number of aromatic nitrogens is 4. The number of rotatable bonds is 6. The van der Waals surface area contributed by atoms with Crippen LogP contribution in [-0.4, -0.2) is 31.8 Å². The molecule has 0 atom stereocenters. The number of aliphatic hydroxyl groups excluding tert-OH is 1. The van der Waals surface area contributed by atoms with Crippen molar-refractivity contribution in [2.24, 2.45) is 0 Å². The predicted molar refractivity (Wildman–Crippen MR) is 94.4 cm³/mol. The second-order valence-corrected chi connectivity index (χ2v) is 6.54. The van der Waals surface area contributed by atoms with Crippen LogP contribution in [0.2, 0.25) is 0 Å². The number of nitrogens with one attached hydrogen (secondary N) is 1. The molecule has 0 unspecified atom stereocenters. The zero-order chi connectivity index (χ0) is 17.8. The molecule has 3 rings (SSSR count). The first kappa shape index (κ1) is 17.4. The number of nitrogens with zero attached hydrogens (tertiary/aromatic N) is 3. The number of thioether (sulfide) groups is 1. The van der Waals surface area contributed by atoms with E-state index in [1.54, 1.807) is 6.92 Å². The molecule has 0 radical (unpaired) electrons. The van der Waals surface area contributed by atoms with E-state index < -0.39 is 0 Å². The fourth-order valence-corrected chi connectivity index (χ4v) is 3.07. The molecule has 2 aromatic heterocycles. The highest BCUT2D eigenvalue weighted by Gasteiger charge is 2.12. The van der Waals surface area contributed by atoms with Crippen LogP contribution < -0.4 is 5.56 Å². The van der Waals surface area contributed by atoms with Crippen molar-refractivity contribution in [3.8, 4) is 11.4 Å². The van der Waals surface area contributed by atoms with Gasteiger partial charge in [-0.3, -0.25) is 4.79 Å². The van der Waals surface area contributed by atoms with Crippen LogP contribution in [0.4, 0.5) is 0 Å². The van der Waals surface area contributed by atoms with E-state index in [1.165, 1.54) is 11.8 Å². The summed E-state index contributed by atoms with van der Waals surface area (Å²) >= 11 is 1.31. The maximum Gasteiger partial charge on any atom is 0.255 e. The van der Waals surface area contributed by atoms with Gasteiger partial charge in [-0.25, -0.2) is 4.98 Å². The third-order valence-electron chi connectivity index (χ3n) is 3.67. The van der Waals surface area contributed by atoms with Gasteiger partial charge >= 0.3 is 0 Å². The molecule has 0 spiro atoms. The average molecular weight is 358 g/mol. The Kier molecular flexibility index (Phi) is 5.30. The number of aliphatic hydroxyl groups is 1. The molecular formula is C17H18N4O3S. The van der Waals surface area contributed by atoms with Crippen LogP contribution in [0.1, 0.15) is 22.7 Å². The van der Waals surface area contributed by atoms with Crippen LogP contribution in [0.5, 0.6) is 0 Å². The molecule has 0 saturated carbocycles. The lowest BCUT2D eigenvalue weighted by molar-refractivity contribution is 0.298. The molecule has 0 saturated heterocycles. The van der Waals surface area contributed by atoms with E-state index in [0.717, 1.165) is 11.1 Å². The molecule has 0 aliphatic carbocycles. The maximum absolute atomic E-state index is 12.0. The molecule has 25 heavy (non-hydrogen) atoms. The van der Waals surface area contributed by atoms with Gasteiger partial charge in [0.25, 0.3) is 5.56 Å². The topological polar surface area (TPSA) is 105 Å². The number of benzene rings is 1. The third-order valence-corrected chi connectivity index (χ3v) is 4.53. The highest BCUT2D eigenvalue weighted by Crippen LogP contribution is 2.21. The second kappa shape index (κ2) is 7.62. The first-order valence-electron chi connectivity index (χ1n) is 7.80. The van der Waals surface area contributed by atoms with Crippen molar-refractivity contribution in [2.75, 3.05) is 6.61 Å². The zero-order valence-corrected chi connectivity index (χ0v) is 14.8. The molecule has 0 aliphatic rings. The van der Waals surface area contributed by atoms with Crippen LogP contribution in [0, 0.1) is 13.8 Å². The Balaban J connectivity index is 1.70. The first-order chi connectivity index (χ1) is 12.1. The van der Waals surface area contributed by atoms with Crippen LogP contribution in [0.15, 0.2) is 38.7 Å². The summed E-state index contributed by atoms with van der Waals surface area (Å²) in [6.45, 7) is 3.69. The minimum Gasteiger partial charge on any atom is -0.396 e. The van der Waals surface area contributed by atoms with E-state index in [9.17, 15) is 4.79 Å². The lowest BCUT2D eigenvalue weighted by atomic mass is 10.1. The predicted octanol–water partition coefficient (Wildman–Crippen LogP) is 2.26. The molecule has 7 nitrogen and oxygen atoms in total. The Morgan fingerprint density at radius 1 is 1.20 bits per heavy atom. The van der Waals surface area contributed by atoms with Crippen LogP contribution in [0.3, 0.4) is 0 Å². The van der Waals surface area contributed by atoms with Crippen molar-refractivity contribution in [3.05, 3.63) is 57.3 Å². The summed E-state index contributed by atoms with van der Waals surface area (Å²) in [5.74, 6) is 1.40. The van der Waals surface area contributed by atoms with Gasteiger partial charge in [-0.1, -0.05) is 46.7 Å². The number of aromatic amines is 1. The van der Waals surface area contributed by atoms with Gasteiger partial charge in [0.05, 0.1) is 5.75 Å². The highest BCUT2D eigenvalue weighted by atomic mass is 32.2. The molecule has 0 amide bonds. The van der Waals surface area contributed by atoms with Crippen molar-refractivity contribution in [2.45, 2.75) is 31.2 Å². The van der Waals surface area contributed by atoms with Gasteiger partial charge in [0.2, 0.25) is 11.7 Å². The van der Waals surface area contributed by atoms with E-state index in [1.807, 2.05) is 31.2 Å². The van der Waals surface area contributed by atoms with Crippen LogP contribution in [0.25, 0.3) is 11.4 Å².